The van der Waals surface area contributed by atoms with Gasteiger partial charge in [0, 0.05) is 0 Å². The van der Waals surface area contributed by atoms with Gasteiger partial charge >= 0.3 is 0 Å². The highest BCUT2D eigenvalue weighted by Gasteiger charge is 2.19. The van der Waals surface area contributed by atoms with E-state index in [1.165, 1.54) is 109 Å². The van der Waals surface area contributed by atoms with Crippen molar-refractivity contribution in [2.45, 2.75) is 136 Å². The van der Waals surface area contributed by atoms with Gasteiger partial charge in [-0.25, -0.2) is 9.55 Å². The van der Waals surface area contributed by atoms with Crippen LogP contribution in [0.4, 0.5) is 0 Å². The maximum absolute atomic E-state index is 3.47. The van der Waals surface area contributed by atoms with Gasteiger partial charge in [-0.3, -0.25) is 0 Å². The van der Waals surface area contributed by atoms with E-state index >= 15 is 0 Å². The number of nitrogens with one attached hydrogen (secondary N) is 1. The van der Waals surface area contributed by atoms with Crippen LogP contribution in [0.15, 0.2) is 12.4 Å². The first-order valence-electron chi connectivity index (χ1n) is 11.9. The van der Waals surface area contributed by atoms with Gasteiger partial charge in [0.05, 0.1) is 12.5 Å². The van der Waals surface area contributed by atoms with Crippen LogP contribution in [0.25, 0.3) is 0 Å². The molecule has 1 N–H and O–H groups in total. The molecule has 0 unspecified atom stereocenters. The van der Waals surface area contributed by atoms with Gasteiger partial charge in [-0.05, 0) is 19.8 Å². The lowest BCUT2D eigenvalue weighted by atomic mass is 9.96. The first-order valence-corrected chi connectivity index (χ1v) is 11.9. The van der Waals surface area contributed by atoms with Crippen LogP contribution < -0.4 is 4.57 Å². The Labute approximate surface area is 164 Å². The van der Waals surface area contributed by atoms with Gasteiger partial charge in [-0.2, -0.15) is 0 Å². The molecule has 0 radical (unpaired) electrons. The zero-order valence-corrected chi connectivity index (χ0v) is 18.2. The first kappa shape index (κ1) is 23.2. The molecule has 0 fully saturated rings. The lowest BCUT2D eigenvalue weighted by Gasteiger charge is -2.11. The van der Waals surface area contributed by atoms with Crippen LogP contribution in [0.1, 0.15) is 135 Å². The van der Waals surface area contributed by atoms with Gasteiger partial charge in [0.1, 0.15) is 12.4 Å². The molecule has 0 aromatic carbocycles. The number of H-pyrrole nitrogens is 1. The van der Waals surface area contributed by atoms with Gasteiger partial charge in [0.25, 0.3) is 5.82 Å². The summed E-state index contributed by atoms with van der Waals surface area (Å²) in [6, 6.07) is 0. The van der Waals surface area contributed by atoms with Crippen molar-refractivity contribution >= 4 is 0 Å². The maximum atomic E-state index is 3.47. The molecule has 0 spiro atoms. The summed E-state index contributed by atoms with van der Waals surface area (Å²) >= 11 is 0. The number of nitrogens with zero attached hydrogens (tertiary/aromatic N) is 1. The number of unbranched alkanes of at least 4 members (excludes halogenated alkanes) is 13. The van der Waals surface area contributed by atoms with Gasteiger partial charge in [-0.1, -0.05) is 104 Å². The average Bonchev–Trinajstić information content (AvgIpc) is 3.13. The van der Waals surface area contributed by atoms with Crippen LogP contribution in [0.5, 0.6) is 0 Å². The third-order valence-corrected chi connectivity index (χ3v) is 5.92. The predicted octanol–water partition coefficient (Wildman–Crippen LogP) is 7.69. The molecule has 0 aliphatic rings. The van der Waals surface area contributed by atoms with E-state index in [2.05, 4.69) is 42.7 Å². The molecule has 2 nitrogen and oxygen atoms in total. The van der Waals surface area contributed by atoms with Crippen LogP contribution in [-0.4, -0.2) is 4.98 Å². The second-order valence-corrected chi connectivity index (χ2v) is 8.12. The van der Waals surface area contributed by atoms with Crippen LogP contribution in [0.3, 0.4) is 0 Å². The zero-order valence-electron chi connectivity index (χ0n) is 18.2. The minimum atomic E-state index is 0.710. The van der Waals surface area contributed by atoms with E-state index in [9.17, 15) is 0 Å². The maximum Gasteiger partial charge on any atom is 0.257 e. The van der Waals surface area contributed by atoms with E-state index in [0.717, 1.165) is 6.54 Å². The molecule has 1 heterocycles. The van der Waals surface area contributed by atoms with Crippen molar-refractivity contribution in [3.63, 3.8) is 0 Å². The highest BCUT2D eigenvalue weighted by atomic mass is 15.1. The fourth-order valence-electron chi connectivity index (χ4n) is 4.12. The zero-order chi connectivity index (χ0) is 18.9. The molecule has 0 aliphatic carbocycles. The third kappa shape index (κ3) is 10.4. The fraction of sp³-hybridized carbons (Fsp3) is 0.875. The van der Waals surface area contributed by atoms with E-state index in [1.807, 2.05) is 0 Å². The van der Waals surface area contributed by atoms with Crippen molar-refractivity contribution in [3.05, 3.63) is 18.2 Å². The lowest BCUT2D eigenvalue weighted by molar-refractivity contribution is -0.701. The van der Waals surface area contributed by atoms with E-state index in [-0.39, 0.29) is 0 Å². The summed E-state index contributed by atoms with van der Waals surface area (Å²) in [6.45, 7) is 7.94. The molecule has 1 aromatic heterocycles. The summed E-state index contributed by atoms with van der Waals surface area (Å²) in [5.41, 5.74) is 0. The topological polar surface area (TPSA) is 19.7 Å². The Balaban J connectivity index is 1.91. The van der Waals surface area contributed by atoms with Gasteiger partial charge in [0.15, 0.2) is 0 Å². The van der Waals surface area contributed by atoms with Crippen molar-refractivity contribution in [1.29, 1.82) is 0 Å². The van der Waals surface area contributed by atoms with Crippen LogP contribution in [-0.2, 0) is 6.54 Å². The Kier molecular flexibility index (Phi) is 14.7. The molecule has 1 atom stereocenters. The lowest BCUT2D eigenvalue weighted by Crippen LogP contribution is -2.36. The largest absolute Gasteiger partial charge is 0.257 e. The molecule has 0 saturated carbocycles. The molecule has 0 amide bonds. The first-order chi connectivity index (χ1) is 12.8. The Morgan fingerprint density at radius 1 is 0.731 bits per heavy atom. The summed E-state index contributed by atoms with van der Waals surface area (Å²) < 4.78 is 2.37. The summed E-state index contributed by atoms with van der Waals surface area (Å²) in [5.74, 6) is 2.15. The number of hydrogen-bond donors (Lipinski definition) is 1. The van der Waals surface area contributed by atoms with Crippen molar-refractivity contribution in [3.8, 4) is 0 Å². The molecule has 26 heavy (non-hydrogen) atoms. The number of aromatic nitrogens is 2. The van der Waals surface area contributed by atoms with E-state index < -0.39 is 0 Å². The van der Waals surface area contributed by atoms with E-state index in [0.29, 0.717) is 5.92 Å². The van der Waals surface area contributed by atoms with Gasteiger partial charge < -0.3 is 0 Å². The smallest absolute Gasteiger partial charge is 0.247 e. The molecule has 0 aliphatic heterocycles. The number of aromatic amines is 1. The van der Waals surface area contributed by atoms with Gasteiger partial charge in [-0.15, -0.1) is 0 Å². The second-order valence-electron chi connectivity index (χ2n) is 8.12. The van der Waals surface area contributed by atoms with Crippen LogP contribution in [0, 0.1) is 0 Å². The number of rotatable bonds is 18. The fourth-order valence-corrected chi connectivity index (χ4v) is 4.12. The quantitative estimate of drug-likeness (QED) is 0.204. The van der Waals surface area contributed by atoms with Crippen molar-refractivity contribution in [2.75, 3.05) is 0 Å². The average molecular weight is 364 g/mol. The second kappa shape index (κ2) is 16.4. The Hall–Kier alpha value is -0.790. The van der Waals surface area contributed by atoms with E-state index in [4.69, 9.17) is 0 Å². The highest BCUT2D eigenvalue weighted by Crippen LogP contribution is 2.22. The minimum Gasteiger partial charge on any atom is -0.247 e. The molecule has 0 bridgehead atoms. The standard InChI is InChI=1S/C24H46N2/c1-4-7-8-9-10-11-12-13-14-15-16-17-18-19-20-23(5-2)24-25-21-22-26(24)6-3/h21-23H,4-20H2,1-3H3/p+1/t23-/m0/s1. The molecule has 152 valence electrons. The molecule has 1 rings (SSSR count). The minimum absolute atomic E-state index is 0.710. The Bertz CT molecular complexity index is 410. The predicted molar refractivity (Wildman–Crippen MR) is 115 cm³/mol. The van der Waals surface area contributed by atoms with Crippen LogP contribution in [0.2, 0.25) is 0 Å². The molecule has 2 heteroatoms. The third-order valence-electron chi connectivity index (χ3n) is 5.92. The summed E-state index contributed by atoms with van der Waals surface area (Å²) in [7, 11) is 0. The molecular weight excluding hydrogens is 316 g/mol. The number of hydrogen-bond acceptors (Lipinski definition) is 0. The number of imidazole rings is 1. The van der Waals surface area contributed by atoms with Gasteiger partial charge in [0.2, 0.25) is 0 Å². The van der Waals surface area contributed by atoms with Crippen LogP contribution >= 0.6 is 0 Å². The molecular formula is C24H47N2+. The summed E-state index contributed by atoms with van der Waals surface area (Å²) in [6.07, 6.45) is 27.1. The monoisotopic (exact) mass is 363 g/mol. The summed E-state index contributed by atoms with van der Waals surface area (Å²) in [5, 5.41) is 0. The van der Waals surface area contributed by atoms with Crippen molar-refractivity contribution in [1.82, 2.24) is 4.98 Å². The highest BCUT2D eigenvalue weighted by molar-refractivity contribution is 4.89. The molecule has 1 aromatic rings. The number of aryl methyl sites for hydroxylation is 1. The SMILES string of the molecule is CCCCCCCCCCCCCCCC[C@H](CC)c1[nH]cc[n+]1CC. The normalized spacial score (nSPS) is 12.6. The summed E-state index contributed by atoms with van der Waals surface area (Å²) in [4.78, 5) is 3.47. The van der Waals surface area contributed by atoms with E-state index in [1.54, 1.807) is 0 Å². The molecule has 0 saturated heterocycles. The Morgan fingerprint density at radius 2 is 1.23 bits per heavy atom. The van der Waals surface area contributed by atoms with Crippen molar-refractivity contribution in [2.24, 2.45) is 0 Å². The van der Waals surface area contributed by atoms with Crippen molar-refractivity contribution < 1.29 is 4.57 Å². The Morgan fingerprint density at radius 3 is 1.69 bits per heavy atom.